The van der Waals surface area contributed by atoms with Crippen molar-refractivity contribution in [3.63, 3.8) is 0 Å². The number of hydrogen-bond acceptors (Lipinski definition) is 5. The molecule has 2 aromatic heterocycles. The van der Waals surface area contributed by atoms with Crippen LogP contribution in [0.2, 0.25) is 0 Å². The van der Waals surface area contributed by atoms with E-state index in [1.165, 1.54) is 18.1 Å². The molecule has 3 heterocycles. The van der Waals surface area contributed by atoms with Gasteiger partial charge in [-0.2, -0.15) is 8.42 Å². The van der Waals surface area contributed by atoms with E-state index in [4.69, 9.17) is 0 Å². The average Bonchev–Trinajstić information content (AvgIpc) is 3.23. The Labute approximate surface area is 145 Å². The Morgan fingerprint density at radius 2 is 2.00 bits per heavy atom. The molecule has 0 saturated carbocycles. The van der Waals surface area contributed by atoms with Gasteiger partial charge < -0.3 is 9.13 Å². The number of imidazole rings is 1. The molecule has 0 aliphatic carbocycles. The molecule has 25 heavy (non-hydrogen) atoms. The molecule has 130 valence electrons. The molecule has 1 aromatic carbocycles. The summed E-state index contributed by atoms with van der Waals surface area (Å²) in [5, 5.41) is 8.05. The summed E-state index contributed by atoms with van der Waals surface area (Å²) in [5.74, 6) is 1.40. The van der Waals surface area contributed by atoms with E-state index in [-0.39, 0.29) is 5.03 Å². The highest BCUT2D eigenvalue weighted by Gasteiger charge is 2.21. The fourth-order valence-electron chi connectivity index (χ4n) is 3.09. The van der Waals surface area contributed by atoms with Crippen molar-refractivity contribution >= 4 is 15.7 Å². The number of benzene rings is 1. The minimum atomic E-state index is -3.67. The maximum Gasteiger partial charge on any atom is 0.280 e. The molecule has 0 saturated heterocycles. The van der Waals surface area contributed by atoms with Gasteiger partial charge in [0.1, 0.15) is 12.2 Å². The lowest BCUT2D eigenvalue weighted by Gasteiger charge is -2.23. The highest BCUT2D eigenvalue weighted by Crippen LogP contribution is 2.29. The zero-order chi connectivity index (χ0) is 17.4. The van der Waals surface area contributed by atoms with Crippen molar-refractivity contribution in [1.82, 2.24) is 24.3 Å². The van der Waals surface area contributed by atoms with Crippen molar-refractivity contribution < 1.29 is 8.42 Å². The summed E-state index contributed by atoms with van der Waals surface area (Å²) in [7, 11) is -1.94. The van der Waals surface area contributed by atoms with Crippen LogP contribution >= 0.6 is 0 Å². The lowest BCUT2D eigenvalue weighted by atomic mass is 9.91. The molecule has 1 aliphatic heterocycles. The van der Waals surface area contributed by atoms with Gasteiger partial charge >= 0.3 is 0 Å². The molecule has 1 aliphatic rings. The molecule has 0 bridgehead atoms. The molecule has 9 heteroatoms. The Morgan fingerprint density at radius 1 is 1.20 bits per heavy atom. The first-order valence-corrected chi connectivity index (χ1v) is 9.47. The highest BCUT2D eigenvalue weighted by molar-refractivity contribution is 7.92. The van der Waals surface area contributed by atoms with E-state index in [1.807, 2.05) is 12.1 Å². The standard InChI is InChI=1S/C16H18N6O2S/c1-21-9-16(17-10-21)25(23,24)20-14-5-2-12(3-6-14)13-4-7-15-19-18-11-22(15)8-13/h2-3,5-6,9-11,13,20H,4,7-8H2,1H3/t13-/m0/s1. The minimum Gasteiger partial charge on any atom is -0.339 e. The second-order valence-electron chi connectivity index (χ2n) is 6.24. The number of sulfonamides is 1. The van der Waals surface area contributed by atoms with Crippen LogP contribution < -0.4 is 4.72 Å². The summed E-state index contributed by atoms with van der Waals surface area (Å²) in [6.45, 7) is 0.849. The Kier molecular flexibility index (Phi) is 3.79. The Morgan fingerprint density at radius 3 is 2.72 bits per heavy atom. The molecule has 4 rings (SSSR count). The van der Waals surface area contributed by atoms with Gasteiger partial charge in [-0.25, -0.2) is 4.98 Å². The van der Waals surface area contributed by atoms with Gasteiger partial charge in [0.15, 0.2) is 5.03 Å². The normalized spacial score (nSPS) is 17.2. The summed E-state index contributed by atoms with van der Waals surface area (Å²) in [6.07, 6.45) is 6.60. The molecule has 0 fully saturated rings. The molecular formula is C16H18N6O2S. The topological polar surface area (TPSA) is 94.7 Å². The minimum absolute atomic E-state index is 0.00601. The highest BCUT2D eigenvalue weighted by atomic mass is 32.2. The lowest BCUT2D eigenvalue weighted by Crippen LogP contribution is -2.18. The molecule has 0 spiro atoms. The van der Waals surface area contributed by atoms with Gasteiger partial charge in [-0.3, -0.25) is 4.72 Å². The molecule has 1 N–H and O–H groups in total. The molecule has 0 amide bonds. The summed E-state index contributed by atoms with van der Waals surface area (Å²) >= 11 is 0. The van der Waals surface area contributed by atoms with Gasteiger partial charge in [-0.1, -0.05) is 12.1 Å². The summed E-state index contributed by atoms with van der Waals surface area (Å²) in [5.41, 5.74) is 1.70. The number of aryl methyl sites for hydroxylation is 2. The van der Waals surface area contributed by atoms with E-state index in [2.05, 4.69) is 24.5 Å². The quantitative estimate of drug-likeness (QED) is 0.763. The molecule has 0 radical (unpaired) electrons. The Bertz CT molecular complexity index is 990. The van der Waals surface area contributed by atoms with Crippen LogP contribution in [0, 0.1) is 0 Å². The van der Waals surface area contributed by atoms with Crippen LogP contribution in [0.4, 0.5) is 5.69 Å². The molecule has 8 nitrogen and oxygen atoms in total. The predicted octanol–water partition coefficient (Wildman–Crippen LogP) is 1.54. The second kappa shape index (κ2) is 5.99. The van der Waals surface area contributed by atoms with Crippen molar-refractivity contribution in [2.24, 2.45) is 7.05 Å². The third kappa shape index (κ3) is 3.14. The van der Waals surface area contributed by atoms with Gasteiger partial charge in [-0.05, 0) is 24.1 Å². The zero-order valence-corrected chi connectivity index (χ0v) is 14.5. The van der Waals surface area contributed by atoms with Crippen LogP contribution in [0.5, 0.6) is 0 Å². The van der Waals surface area contributed by atoms with Crippen molar-refractivity contribution in [3.05, 3.63) is 54.5 Å². The van der Waals surface area contributed by atoms with Crippen LogP contribution in [0.25, 0.3) is 0 Å². The number of nitrogens with zero attached hydrogens (tertiary/aromatic N) is 5. The first-order valence-electron chi connectivity index (χ1n) is 7.99. The maximum absolute atomic E-state index is 12.3. The molecular weight excluding hydrogens is 340 g/mol. The maximum atomic E-state index is 12.3. The van der Waals surface area contributed by atoms with Crippen molar-refractivity contribution in [1.29, 1.82) is 0 Å². The number of fused-ring (bicyclic) bond motifs is 1. The van der Waals surface area contributed by atoms with Gasteiger partial charge in [0, 0.05) is 37.8 Å². The van der Waals surface area contributed by atoms with Crippen LogP contribution in [0.3, 0.4) is 0 Å². The second-order valence-corrected chi connectivity index (χ2v) is 7.87. The molecule has 1 atom stereocenters. The SMILES string of the molecule is Cn1cnc(S(=O)(=O)Nc2ccc([C@H]3CCc4nncn4C3)cc2)c1. The Balaban J connectivity index is 1.49. The summed E-state index contributed by atoms with van der Waals surface area (Å²) in [4.78, 5) is 3.89. The van der Waals surface area contributed by atoms with E-state index in [0.717, 1.165) is 25.2 Å². The first kappa shape index (κ1) is 15.8. The Hall–Kier alpha value is -2.68. The lowest BCUT2D eigenvalue weighted by molar-refractivity contribution is 0.456. The number of nitrogens with one attached hydrogen (secondary N) is 1. The smallest absolute Gasteiger partial charge is 0.280 e. The number of anilines is 1. The predicted molar refractivity (Wildman–Crippen MR) is 91.5 cm³/mol. The van der Waals surface area contributed by atoms with E-state index in [0.29, 0.717) is 11.6 Å². The van der Waals surface area contributed by atoms with E-state index in [9.17, 15) is 8.42 Å². The third-order valence-electron chi connectivity index (χ3n) is 4.42. The zero-order valence-electron chi connectivity index (χ0n) is 13.7. The van der Waals surface area contributed by atoms with E-state index < -0.39 is 10.0 Å². The van der Waals surface area contributed by atoms with Crippen molar-refractivity contribution in [2.45, 2.75) is 30.3 Å². The monoisotopic (exact) mass is 358 g/mol. The molecule has 0 unspecified atom stereocenters. The number of aromatic nitrogens is 5. The van der Waals surface area contributed by atoms with Gasteiger partial charge in [0.05, 0.1) is 6.33 Å². The largest absolute Gasteiger partial charge is 0.339 e. The van der Waals surface area contributed by atoms with Crippen LogP contribution in [0.1, 0.15) is 23.7 Å². The fraction of sp³-hybridized carbons (Fsp3) is 0.312. The molecule has 3 aromatic rings. The first-order chi connectivity index (χ1) is 12.0. The van der Waals surface area contributed by atoms with Gasteiger partial charge in [0.2, 0.25) is 0 Å². The summed E-state index contributed by atoms with van der Waals surface area (Å²) < 4.78 is 30.8. The van der Waals surface area contributed by atoms with Crippen LogP contribution in [0.15, 0.2) is 48.1 Å². The van der Waals surface area contributed by atoms with Crippen molar-refractivity contribution in [3.8, 4) is 0 Å². The summed E-state index contributed by atoms with van der Waals surface area (Å²) in [6, 6.07) is 7.52. The third-order valence-corrected chi connectivity index (χ3v) is 5.69. The fourth-order valence-corrected chi connectivity index (χ4v) is 4.13. The van der Waals surface area contributed by atoms with E-state index >= 15 is 0 Å². The van der Waals surface area contributed by atoms with E-state index in [1.54, 1.807) is 30.1 Å². The van der Waals surface area contributed by atoms with Gasteiger partial charge in [-0.15, -0.1) is 10.2 Å². The van der Waals surface area contributed by atoms with Crippen LogP contribution in [-0.2, 0) is 30.0 Å². The number of hydrogen-bond donors (Lipinski definition) is 1. The number of rotatable bonds is 4. The van der Waals surface area contributed by atoms with Gasteiger partial charge in [0.25, 0.3) is 10.0 Å². The van der Waals surface area contributed by atoms with Crippen LogP contribution in [-0.4, -0.2) is 32.7 Å². The van der Waals surface area contributed by atoms with Crippen molar-refractivity contribution in [2.75, 3.05) is 4.72 Å². The average molecular weight is 358 g/mol.